The highest BCUT2D eigenvalue weighted by atomic mass is 32.2. The highest BCUT2D eigenvalue weighted by Crippen LogP contribution is 2.14. The van der Waals surface area contributed by atoms with Crippen LogP contribution in [0.2, 0.25) is 0 Å². The second-order valence-electron chi connectivity index (χ2n) is 3.57. The standard InChI is InChI=1S/C11H13N3O2S/c1-2-9-3-5-10(6-4-9)17(15,16)14-11-7-8-12-13-11/h3-8H,2H2,1H3,(H2,12,13,14). The minimum atomic E-state index is -3.53. The van der Waals surface area contributed by atoms with Crippen molar-refractivity contribution in [2.75, 3.05) is 4.72 Å². The van der Waals surface area contributed by atoms with Gasteiger partial charge in [-0.15, -0.1) is 0 Å². The van der Waals surface area contributed by atoms with Gasteiger partial charge in [0.05, 0.1) is 11.1 Å². The summed E-state index contributed by atoms with van der Waals surface area (Å²) in [5, 5.41) is 6.22. The Labute approximate surface area is 99.9 Å². The van der Waals surface area contributed by atoms with E-state index in [9.17, 15) is 8.42 Å². The van der Waals surface area contributed by atoms with Crippen LogP contribution in [-0.2, 0) is 16.4 Å². The fourth-order valence-electron chi connectivity index (χ4n) is 1.42. The van der Waals surface area contributed by atoms with Crippen molar-refractivity contribution in [1.82, 2.24) is 10.2 Å². The molecule has 0 radical (unpaired) electrons. The van der Waals surface area contributed by atoms with Crippen LogP contribution in [0.25, 0.3) is 0 Å². The molecule has 0 amide bonds. The smallest absolute Gasteiger partial charge is 0.263 e. The van der Waals surface area contributed by atoms with Crippen molar-refractivity contribution < 1.29 is 8.42 Å². The average Bonchev–Trinajstić information content (AvgIpc) is 2.81. The van der Waals surface area contributed by atoms with Crippen molar-refractivity contribution in [2.24, 2.45) is 0 Å². The lowest BCUT2D eigenvalue weighted by molar-refractivity contribution is 0.601. The Morgan fingerprint density at radius 1 is 1.24 bits per heavy atom. The molecule has 0 bridgehead atoms. The summed E-state index contributed by atoms with van der Waals surface area (Å²) >= 11 is 0. The summed E-state index contributed by atoms with van der Waals surface area (Å²) in [4.78, 5) is 0.240. The SMILES string of the molecule is CCc1ccc(S(=O)(=O)Nc2ccn[nH]2)cc1. The normalized spacial score (nSPS) is 11.4. The molecule has 90 valence electrons. The third-order valence-corrected chi connectivity index (χ3v) is 3.77. The van der Waals surface area contributed by atoms with Gasteiger partial charge < -0.3 is 0 Å². The predicted octanol–water partition coefficient (Wildman–Crippen LogP) is 1.77. The number of aromatic amines is 1. The van der Waals surface area contributed by atoms with Crippen LogP contribution in [0, 0.1) is 0 Å². The number of nitrogens with one attached hydrogen (secondary N) is 2. The molecule has 0 aliphatic rings. The molecule has 1 heterocycles. The summed E-state index contributed by atoms with van der Waals surface area (Å²) in [7, 11) is -3.53. The first kappa shape index (κ1) is 11.7. The van der Waals surface area contributed by atoms with Gasteiger partial charge in [-0.1, -0.05) is 19.1 Å². The first-order valence-corrected chi connectivity index (χ1v) is 6.71. The Hall–Kier alpha value is -1.82. The number of aryl methyl sites for hydroxylation is 1. The molecule has 5 nitrogen and oxygen atoms in total. The number of benzene rings is 1. The van der Waals surface area contributed by atoms with E-state index in [1.165, 1.54) is 6.20 Å². The van der Waals surface area contributed by atoms with Gasteiger partial charge in [-0.2, -0.15) is 5.10 Å². The molecular weight excluding hydrogens is 238 g/mol. The zero-order valence-corrected chi connectivity index (χ0v) is 10.2. The van der Waals surface area contributed by atoms with Crippen LogP contribution < -0.4 is 4.72 Å². The molecule has 1 aromatic carbocycles. The van der Waals surface area contributed by atoms with Gasteiger partial charge >= 0.3 is 0 Å². The fourth-order valence-corrected chi connectivity index (χ4v) is 2.44. The van der Waals surface area contributed by atoms with Gasteiger partial charge in [-0.3, -0.25) is 9.82 Å². The Kier molecular flexibility index (Phi) is 3.14. The second-order valence-corrected chi connectivity index (χ2v) is 5.26. The third-order valence-electron chi connectivity index (χ3n) is 2.39. The molecule has 1 aromatic heterocycles. The second kappa shape index (κ2) is 4.58. The highest BCUT2D eigenvalue weighted by molar-refractivity contribution is 7.92. The molecule has 2 aromatic rings. The van der Waals surface area contributed by atoms with E-state index in [0.29, 0.717) is 5.82 Å². The molecule has 2 rings (SSSR count). The van der Waals surface area contributed by atoms with Gasteiger partial charge in [0.1, 0.15) is 5.82 Å². The van der Waals surface area contributed by atoms with E-state index in [4.69, 9.17) is 0 Å². The molecule has 0 saturated heterocycles. The topological polar surface area (TPSA) is 74.8 Å². The molecule has 0 atom stereocenters. The maximum absolute atomic E-state index is 11.9. The molecule has 17 heavy (non-hydrogen) atoms. The van der Waals surface area contributed by atoms with Crippen LogP contribution in [0.15, 0.2) is 41.4 Å². The summed E-state index contributed by atoms with van der Waals surface area (Å²) < 4.78 is 26.3. The van der Waals surface area contributed by atoms with Crippen molar-refractivity contribution in [1.29, 1.82) is 0 Å². The van der Waals surface area contributed by atoms with E-state index in [2.05, 4.69) is 14.9 Å². The Morgan fingerprint density at radius 2 is 1.94 bits per heavy atom. The predicted molar refractivity (Wildman–Crippen MR) is 65.2 cm³/mol. The van der Waals surface area contributed by atoms with E-state index in [1.54, 1.807) is 18.2 Å². The van der Waals surface area contributed by atoms with E-state index >= 15 is 0 Å². The van der Waals surface area contributed by atoms with E-state index in [1.807, 2.05) is 19.1 Å². The van der Waals surface area contributed by atoms with Gasteiger partial charge in [-0.25, -0.2) is 8.42 Å². The fraction of sp³-hybridized carbons (Fsp3) is 0.182. The highest BCUT2D eigenvalue weighted by Gasteiger charge is 2.14. The van der Waals surface area contributed by atoms with Crippen molar-refractivity contribution in [3.8, 4) is 0 Å². The van der Waals surface area contributed by atoms with Crippen LogP contribution in [-0.4, -0.2) is 18.6 Å². The molecule has 0 unspecified atom stereocenters. The lowest BCUT2D eigenvalue weighted by Crippen LogP contribution is -2.13. The van der Waals surface area contributed by atoms with Crippen LogP contribution in [0.1, 0.15) is 12.5 Å². The quantitative estimate of drug-likeness (QED) is 0.869. The Balaban J connectivity index is 2.25. The third kappa shape index (κ3) is 2.65. The monoisotopic (exact) mass is 251 g/mol. The van der Waals surface area contributed by atoms with Crippen molar-refractivity contribution in [3.05, 3.63) is 42.1 Å². The van der Waals surface area contributed by atoms with E-state index < -0.39 is 10.0 Å². The number of anilines is 1. The van der Waals surface area contributed by atoms with Crippen molar-refractivity contribution in [2.45, 2.75) is 18.2 Å². The first-order chi connectivity index (χ1) is 8.12. The molecule has 0 aliphatic heterocycles. The minimum Gasteiger partial charge on any atom is -0.264 e. The van der Waals surface area contributed by atoms with Crippen molar-refractivity contribution in [3.63, 3.8) is 0 Å². The Bertz CT molecular complexity index is 574. The van der Waals surface area contributed by atoms with Gasteiger partial charge in [0.15, 0.2) is 0 Å². The van der Waals surface area contributed by atoms with Crippen LogP contribution in [0.3, 0.4) is 0 Å². The molecule has 2 N–H and O–H groups in total. The summed E-state index contributed by atoms with van der Waals surface area (Å²) in [5.41, 5.74) is 1.10. The number of hydrogen-bond donors (Lipinski definition) is 2. The molecule has 0 aliphatic carbocycles. The maximum Gasteiger partial charge on any atom is 0.263 e. The van der Waals surface area contributed by atoms with Crippen molar-refractivity contribution >= 4 is 15.8 Å². The maximum atomic E-state index is 11.9. The number of nitrogens with zero attached hydrogens (tertiary/aromatic N) is 1. The number of H-pyrrole nitrogens is 1. The molecule has 0 saturated carbocycles. The lowest BCUT2D eigenvalue weighted by atomic mass is 10.2. The Morgan fingerprint density at radius 3 is 2.47 bits per heavy atom. The molecule has 0 spiro atoms. The summed E-state index contributed by atoms with van der Waals surface area (Å²) in [6, 6.07) is 8.36. The van der Waals surface area contributed by atoms with Gasteiger partial charge in [0.2, 0.25) is 0 Å². The van der Waals surface area contributed by atoms with E-state index in [-0.39, 0.29) is 4.90 Å². The number of aromatic nitrogens is 2. The zero-order chi connectivity index (χ0) is 12.3. The largest absolute Gasteiger partial charge is 0.264 e. The van der Waals surface area contributed by atoms with Crippen LogP contribution in [0.4, 0.5) is 5.82 Å². The van der Waals surface area contributed by atoms with Crippen LogP contribution >= 0.6 is 0 Å². The van der Waals surface area contributed by atoms with E-state index in [0.717, 1.165) is 12.0 Å². The number of sulfonamides is 1. The number of hydrogen-bond acceptors (Lipinski definition) is 3. The summed E-state index contributed by atoms with van der Waals surface area (Å²) in [6.45, 7) is 2.02. The van der Waals surface area contributed by atoms with Gasteiger partial charge in [0, 0.05) is 6.07 Å². The minimum absolute atomic E-state index is 0.240. The first-order valence-electron chi connectivity index (χ1n) is 5.23. The molecule has 6 heteroatoms. The summed E-state index contributed by atoms with van der Waals surface area (Å²) in [5.74, 6) is 0.351. The average molecular weight is 251 g/mol. The molecule has 0 fully saturated rings. The molecular formula is C11H13N3O2S. The number of rotatable bonds is 4. The zero-order valence-electron chi connectivity index (χ0n) is 9.34. The van der Waals surface area contributed by atoms with Gasteiger partial charge in [-0.05, 0) is 24.1 Å². The van der Waals surface area contributed by atoms with Crippen LogP contribution in [0.5, 0.6) is 0 Å². The summed E-state index contributed by atoms with van der Waals surface area (Å²) in [6.07, 6.45) is 2.37. The van der Waals surface area contributed by atoms with Gasteiger partial charge in [0.25, 0.3) is 10.0 Å². The lowest BCUT2D eigenvalue weighted by Gasteiger charge is -2.06.